The Bertz CT molecular complexity index is 934. The zero-order chi connectivity index (χ0) is 20.1. The van der Waals surface area contributed by atoms with Gasteiger partial charge in [0.2, 0.25) is 0 Å². The van der Waals surface area contributed by atoms with Crippen molar-refractivity contribution in [2.75, 3.05) is 6.61 Å². The molecule has 0 aliphatic carbocycles. The van der Waals surface area contributed by atoms with Crippen LogP contribution in [-0.2, 0) is 21.4 Å². The van der Waals surface area contributed by atoms with Gasteiger partial charge in [-0.2, -0.15) is 0 Å². The Kier molecular flexibility index (Phi) is 6.25. The number of aryl methyl sites for hydroxylation is 1. The number of thiazole rings is 1. The molecule has 0 unspecified atom stereocenters. The van der Waals surface area contributed by atoms with Crippen molar-refractivity contribution in [1.29, 1.82) is 0 Å². The van der Waals surface area contributed by atoms with E-state index >= 15 is 0 Å². The van der Waals surface area contributed by atoms with Crippen LogP contribution in [0.25, 0.3) is 10.2 Å². The molecule has 0 bridgehead atoms. The Morgan fingerprint density at radius 3 is 2.43 bits per heavy atom. The first kappa shape index (κ1) is 20.2. The number of carbonyl (C=O) groups is 2. The maximum Gasteiger partial charge on any atom is 0.306 e. The highest BCUT2D eigenvalue weighted by Crippen LogP contribution is 2.23. The van der Waals surface area contributed by atoms with E-state index in [1.807, 2.05) is 36.4 Å². The molecule has 4 nitrogen and oxygen atoms in total. The number of hydrogen-bond donors (Lipinski definition) is 0. The lowest BCUT2D eigenvalue weighted by atomic mass is 9.86. The first-order valence-electron chi connectivity index (χ1n) is 9.47. The minimum Gasteiger partial charge on any atom is -0.457 e. The number of carbonyl (C=O) groups excluding carboxylic acids is 2. The lowest BCUT2D eigenvalue weighted by Crippen LogP contribution is -2.15. The maximum absolute atomic E-state index is 12.2. The lowest BCUT2D eigenvalue weighted by molar-refractivity contribution is -0.142. The smallest absolute Gasteiger partial charge is 0.306 e. The first-order chi connectivity index (χ1) is 13.3. The Morgan fingerprint density at radius 1 is 1.04 bits per heavy atom. The summed E-state index contributed by atoms with van der Waals surface area (Å²) in [6.45, 7) is 6.16. The molecule has 146 valence electrons. The molecule has 0 aliphatic heterocycles. The summed E-state index contributed by atoms with van der Waals surface area (Å²) in [5.41, 5.74) is 2.76. The quantitative estimate of drug-likeness (QED) is 0.400. The minimum absolute atomic E-state index is 0.0390. The van der Waals surface area contributed by atoms with Gasteiger partial charge in [0.25, 0.3) is 0 Å². The van der Waals surface area contributed by atoms with E-state index in [1.165, 1.54) is 0 Å². The predicted molar refractivity (Wildman–Crippen MR) is 113 cm³/mol. The topological polar surface area (TPSA) is 56.3 Å². The second-order valence-electron chi connectivity index (χ2n) is 7.84. The normalized spacial score (nSPS) is 11.5. The van der Waals surface area contributed by atoms with Crippen molar-refractivity contribution in [3.05, 3.63) is 64.7 Å². The molecule has 0 fully saturated rings. The largest absolute Gasteiger partial charge is 0.457 e. The van der Waals surface area contributed by atoms with Crippen molar-refractivity contribution in [2.24, 2.45) is 0 Å². The van der Waals surface area contributed by atoms with Gasteiger partial charge in [0.05, 0.1) is 15.2 Å². The summed E-state index contributed by atoms with van der Waals surface area (Å²) in [5.74, 6) is -0.527. The van der Waals surface area contributed by atoms with Gasteiger partial charge in [0.15, 0.2) is 12.4 Å². The number of ether oxygens (including phenoxy) is 1. The van der Waals surface area contributed by atoms with Crippen LogP contribution in [-0.4, -0.2) is 23.3 Å². The predicted octanol–water partition coefficient (Wildman–Crippen LogP) is 5.34. The number of hydrogen-bond acceptors (Lipinski definition) is 5. The second kappa shape index (κ2) is 8.65. The third kappa shape index (κ3) is 5.26. The fourth-order valence-corrected chi connectivity index (χ4v) is 3.88. The highest BCUT2D eigenvalue weighted by atomic mass is 32.1. The Morgan fingerprint density at radius 2 is 1.75 bits per heavy atom. The highest BCUT2D eigenvalue weighted by Gasteiger charge is 2.15. The van der Waals surface area contributed by atoms with Gasteiger partial charge < -0.3 is 4.74 Å². The Balaban J connectivity index is 1.43. The van der Waals surface area contributed by atoms with Crippen molar-refractivity contribution < 1.29 is 14.3 Å². The van der Waals surface area contributed by atoms with Crippen molar-refractivity contribution in [3.8, 4) is 0 Å². The summed E-state index contributed by atoms with van der Waals surface area (Å²) in [6, 6.07) is 15.5. The molecule has 5 heteroatoms. The van der Waals surface area contributed by atoms with Crippen molar-refractivity contribution in [1.82, 2.24) is 4.98 Å². The highest BCUT2D eigenvalue weighted by molar-refractivity contribution is 7.18. The Labute approximate surface area is 169 Å². The number of benzene rings is 2. The zero-order valence-corrected chi connectivity index (χ0v) is 17.3. The number of Topliss-reactive ketones (excluding diaryl/α,β-unsaturated/α-hetero) is 1. The maximum atomic E-state index is 12.2. The van der Waals surface area contributed by atoms with Gasteiger partial charge in [0, 0.05) is 12.0 Å². The average Bonchev–Trinajstić information content (AvgIpc) is 3.08. The van der Waals surface area contributed by atoms with Gasteiger partial charge in [-0.15, -0.1) is 11.3 Å². The third-order valence-electron chi connectivity index (χ3n) is 4.55. The SMILES string of the molecule is CC(C)(C)c1ccc(C(=O)COC(=O)CCCc2nc3ccccc3s2)cc1. The van der Waals surface area contributed by atoms with Crippen LogP contribution in [0.5, 0.6) is 0 Å². The van der Waals surface area contributed by atoms with Gasteiger partial charge in [0.1, 0.15) is 0 Å². The summed E-state index contributed by atoms with van der Waals surface area (Å²) in [5, 5.41) is 1.02. The van der Waals surface area contributed by atoms with Gasteiger partial charge in [-0.05, 0) is 36.0 Å². The molecule has 0 N–H and O–H groups in total. The fraction of sp³-hybridized carbons (Fsp3) is 0.348. The molecular formula is C23H25NO3S. The van der Waals surface area contributed by atoms with Crippen LogP contribution in [0.4, 0.5) is 0 Å². The van der Waals surface area contributed by atoms with Crippen LogP contribution in [0.2, 0.25) is 0 Å². The van der Waals surface area contributed by atoms with Crippen LogP contribution >= 0.6 is 11.3 Å². The van der Waals surface area contributed by atoms with Crippen LogP contribution in [0.15, 0.2) is 48.5 Å². The first-order valence-corrected chi connectivity index (χ1v) is 10.3. The monoisotopic (exact) mass is 395 g/mol. The molecule has 0 saturated heterocycles. The van der Waals surface area contributed by atoms with E-state index in [0.29, 0.717) is 12.0 Å². The molecule has 1 heterocycles. The van der Waals surface area contributed by atoms with E-state index in [4.69, 9.17) is 4.74 Å². The standard InChI is InChI=1S/C23H25NO3S/c1-23(2,3)17-13-11-16(12-14-17)19(25)15-27-22(26)10-6-9-21-24-18-7-4-5-8-20(18)28-21/h4-5,7-8,11-14H,6,9-10,15H2,1-3H3. The molecule has 0 saturated carbocycles. The number of aromatic nitrogens is 1. The zero-order valence-electron chi connectivity index (χ0n) is 16.5. The molecule has 2 aromatic carbocycles. The molecule has 0 atom stereocenters. The number of fused-ring (bicyclic) bond motifs is 1. The number of para-hydroxylation sites is 1. The van der Waals surface area contributed by atoms with E-state index in [0.717, 1.165) is 27.2 Å². The van der Waals surface area contributed by atoms with Crippen LogP contribution in [0, 0.1) is 0 Å². The summed E-state index contributed by atoms with van der Waals surface area (Å²) in [6.07, 6.45) is 1.68. The molecule has 3 rings (SSSR count). The fourth-order valence-electron chi connectivity index (χ4n) is 2.87. The van der Waals surface area contributed by atoms with Gasteiger partial charge >= 0.3 is 5.97 Å². The van der Waals surface area contributed by atoms with Gasteiger partial charge in [-0.3, -0.25) is 9.59 Å². The number of rotatable bonds is 7. The van der Waals surface area contributed by atoms with Crippen molar-refractivity contribution in [2.45, 2.75) is 45.4 Å². The van der Waals surface area contributed by atoms with E-state index < -0.39 is 0 Å². The molecule has 1 aromatic heterocycles. The number of esters is 1. The van der Waals surface area contributed by atoms with E-state index in [-0.39, 0.29) is 30.2 Å². The third-order valence-corrected chi connectivity index (χ3v) is 5.64. The summed E-state index contributed by atoms with van der Waals surface area (Å²) < 4.78 is 6.30. The minimum atomic E-state index is -0.347. The molecule has 0 aliphatic rings. The average molecular weight is 396 g/mol. The van der Waals surface area contributed by atoms with Crippen LogP contribution < -0.4 is 0 Å². The second-order valence-corrected chi connectivity index (χ2v) is 8.96. The molecule has 3 aromatic rings. The van der Waals surface area contributed by atoms with E-state index in [1.54, 1.807) is 23.5 Å². The lowest BCUT2D eigenvalue weighted by Gasteiger charge is -2.18. The van der Waals surface area contributed by atoms with Gasteiger partial charge in [-0.1, -0.05) is 57.2 Å². The molecule has 0 spiro atoms. The summed E-state index contributed by atoms with van der Waals surface area (Å²) >= 11 is 1.65. The number of nitrogens with zero attached hydrogens (tertiary/aromatic N) is 1. The molecular weight excluding hydrogens is 370 g/mol. The van der Waals surface area contributed by atoms with Crippen molar-refractivity contribution in [3.63, 3.8) is 0 Å². The van der Waals surface area contributed by atoms with E-state index in [9.17, 15) is 9.59 Å². The van der Waals surface area contributed by atoms with Crippen LogP contribution in [0.1, 0.15) is 54.5 Å². The number of ketones is 1. The molecule has 28 heavy (non-hydrogen) atoms. The van der Waals surface area contributed by atoms with Gasteiger partial charge in [-0.25, -0.2) is 4.98 Å². The van der Waals surface area contributed by atoms with Crippen LogP contribution in [0.3, 0.4) is 0 Å². The summed E-state index contributed by atoms with van der Waals surface area (Å²) in [7, 11) is 0. The Hall–Kier alpha value is -2.53. The molecule has 0 radical (unpaired) electrons. The summed E-state index contributed by atoms with van der Waals surface area (Å²) in [4.78, 5) is 28.7. The van der Waals surface area contributed by atoms with Crippen molar-refractivity contribution >= 4 is 33.3 Å². The van der Waals surface area contributed by atoms with E-state index in [2.05, 4.69) is 25.8 Å². The molecule has 0 amide bonds.